The highest BCUT2D eigenvalue weighted by atomic mass is 32.2. The Kier molecular flexibility index (Phi) is 5.57. The van der Waals surface area contributed by atoms with Gasteiger partial charge in [0, 0.05) is 13.2 Å². The summed E-state index contributed by atoms with van der Waals surface area (Å²) in [6, 6.07) is 6.97. The summed E-state index contributed by atoms with van der Waals surface area (Å²) in [5.41, 5.74) is 0.973. The lowest BCUT2D eigenvalue weighted by Crippen LogP contribution is -2.34. The van der Waals surface area contributed by atoms with Gasteiger partial charge in [-0.05, 0) is 30.5 Å². The van der Waals surface area contributed by atoms with Crippen LogP contribution in [-0.2, 0) is 21.4 Å². The van der Waals surface area contributed by atoms with Gasteiger partial charge in [-0.1, -0.05) is 37.8 Å². The predicted octanol–water partition coefficient (Wildman–Crippen LogP) is 2.83. The second-order valence-corrected chi connectivity index (χ2v) is 7.10. The maximum absolute atomic E-state index is 12.3. The van der Waals surface area contributed by atoms with Crippen LogP contribution in [0.4, 0.5) is 0 Å². The van der Waals surface area contributed by atoms with Crippen molar-refractivity contribution in [3.63, 3.8) is 0 Å². The van der Waals surface area contributed by atoms with Crippen molar-refractivity contribution in [2.45, 2.75) is 56.1 Å². The molecule has 2 rings (SSSR count). The van der Waals surface area contributed by atoms with Gasteiger partial charge >= 0.3 is 0 Å². The number of hydrogen-bond donors (Lipinski definition) is 1. The van der Waals surface area contributed by atoms with Gasteiger partial charge in [0.25, 0.3) is 0 Å². The van der Waals surface area contributed by atoms with Crippen molar-refractivity contribution < 1.29 is 13.2 Å². The zero-order chi connectivity index (χ0) is 14.4. The number of nitrogens with one attached hydrogen (secondary N) is 1. The van der Waals surface area contributed by atoms with Crippen molar-refractivity contribution in [1.29, 1.82) is 0 Å². The Morgan fingerprint density at radius 1 is 1.10 bits per heavy atom. The van der Waals surface area contributed by atoms with Gasteiger partial charge in [-0.25, -0.2) is 13.1 Å². The van der Waals surface area contributed by atoms with E-state index in [1.807, 2.05) is 0 Å². The molecule has 0 radical (unpaired) electrons. The van der Waals surface area contributed by atoms with Crippen molar-refractivity contribution >= 4 is 10.0 Å². The van der Waals surface area contributed by atoms with Crippen LogP contribution in [0, 0.1) is 0 Å². The predicted molar refractivity (Wildman–Crippen MR) is 79.0 cm³/mol. The second kappa shape index (κ2) is 7.20. The fourth-order valence-electron chi connectivity index (χ4n) is 2.62. The fraction of sp³-hybridized carbons (Fsp3) is 0.600. The number of methoxy groups -OCH3 is 1. The van der Waals surface area contributed by atoms with Crippen LogP contribution >= 0.6 is 0 Å². The molecule has 0 aromatic heterocycles. The van der Waals surface area contributed by atoms with Gasteiger partial charge < -0.3 is 4.74 Å². The molecule has 1 aromatic rings. The first kappa shape index (κ1) is 15.5. The molecule has 5 heteroatoms. The van der Waals surface area contributed by atoms with E-state index in [1.165, 1.54) is 12.8 Å². The molecule has 1 fully saturated rings. The molecule has 0 aliphatic heterocycles. The number of sulfonamides is 1. The summed E-state index contributed by atoms with van der Waals surface area (Å²) < 4.78 is 32.5. The lowest BCUT2D eigenvalue weighted by atomic mass is 10.1. The molecule has 1 saturated carbocycles. The average Bonchev–Trinajstić information content (AvgIpc) is 2.68. The molecule has 0 heterocycles. The first-order chi connectivity index (χ1) is 9.62. The maximum atomic E-state index is 12.3. The Hall–Kier alpha value is -0.910. The molecular weight excluding hydrogens is 274 g/mol. The van der Waals surface area contributed by atoms with Gasteiger partial charge in [0.1, 0.15) is 0 Å². The van der Waals surface area contributed by atoms with E-state index >= 15 is 0 Å². The summed E-state index contributed by atoms with van der Waals surface area (Å²) in [5.74, 6) is 0. The Morgan fingerprint density at radius 2 is 1.70 bits per heavy atom. The molecule has 20 heavy (non-hydrogen) atoms. The smallest absolute Gasteiger partial charge is 0.240 e. The van der Waals surface area contributed by atoms with Gasteiger partial charge in [0.15, 0.2) is 0 Å². The molecule has 1 aliphatic carbocycles. The Balaban J connectivity index is 2.05. The van der Waals surface area contributed by atoms with E-state index in [9.17, 15) is 8.42 Å². The van der Waals surface area contributed by atoms with Crippen LogP contribution in [0.5, 0.6) is 0 Å². The number of hydrogen-bond acceptors (Lipinski definition) is 3. The van der Waals surface area contributed by atoms with Crippen LogP contribution in [0.3, 0.4) is 0 Å². The third-order valence-electron chi connectivity index (χ3n) is 3.72. The zero-order valence-corrected chi connectivity index (χ0v) is 12.8. The van der Waals surface area contributed by atoms with Crippen molar-refractivity contribution in [2.24, 2.45) is 0 Å². The Labute approximate surface area is 121 Å². The van der Waals surface area contributed by atoms with Crippen LogP contribution in [-0.4, -0.2) is 21.6 Å². The lowest BCUT2D eigenvalue weighted by molar-refractivity contribution is 0.185. The van der Waals surface area contributed by atoms with Gasteiger partial charge in [-0.15, -0.1) is 0 Å². The topological polar surface area (TPSA) is 55.4 Å². The van der Waals surface area contributed by atoms with Crippen LogP contribution in [0.25, 0.3) is 0 Å². The quantitative estimate of drug-likeness (QED) is 0.850. The normalized spacial score (nSPS) is 17.9. The molecule has 0 spiro atoms. The first-order valence-corrected chi connectivity index (χ1v) is 8.70. The summed E-state index contributed by atoms with van der Waals surface area (Å²) in [7, 11) is -1.78. The molecule has 1 aliphatic rings. The van der Waals surface area contributed by atoms with Gasteiger partial charge in [0.05, 0.1) is 11.5 Å². The molecule has 1 N–H and O–H groups in total. The molecule has 0 amide bonds. The van der Waals surface area contributed by atoms with Crippen LogP contribution in [0.15, 0.2) is 29.2 Å². The third kappa shape index (κ3) is 4.30. The average molecular weight is 297 g/mol. The highest BCUT2D eigenvalue weighted by Gasteiger charge is 2.20. The Morgan fingerprint density at radius 3 is 2.25 bits per heavy atom. The van der Waals surface area contributed by atoms with Crippen LogP contribution in [0.2, 0.25) is 0 Å². The third-order valence-corrected chi connectivity index (χ3v) is 5.26. The van der Waals surface area contributed by atoms with Crippen LogP contribution in [0.1, 0.15) is 44.1 Å². The molecule has 4 nitrogen and oxygen atoms in total. The summed E-state index contributed by atoms with van der Waals surface area (Å²) >= 11 is 0. The van der Waals surface area contributed by atoms with E-state index < -0.39 is 10.0 Å². The van der Waals surface area contributed by atoms with E-state index in [0.29, 0.717) is 11.5 Å². The molecular formula is C15H23NO3S. The summed E-state index contributed by atoms with van der Waals surface area (Å²) in [6.45, 7) is 0.496. The molecule has 1 aromatic carbocycles. The van der Waals surface area contributed by atoms with Crippen molar-refractivity contribution in [3.8, 4) is 0 Å². The second-order valence-electron chi connectivity index (χ2n) is 5.39. The molecule has 0 atom stereocenters. The molecule has 0 bridgehead atoms. The largest absolute Gasteiger partial charge is 0.380 e. The molecule has 0 unspecified atom stereocenters. The van der Waals surface area contributed by atoms with Gasteiger partial charge in [-0.2, -0.15) is 0 Å². The Bertz CT molecular complexity index is 502. The van der Waals surface area contributed by atoms with E-state index in [4.69, 9.17) is 4.74 Å². The molecule has 112 valence electrons. The number of benzene rings is 1. The highest BCUT2D eigenvalue weighted by Crippen LogP contribution is 2.20. The lowest BCUT2D eigenvalue weighted by Gasteiger charge is -2.16. The van der Waals surface area contributed by atoms with Crippen LogP contribution < -0.4 is 4.72 Å². The maximum Gasteiger partial charge on any atom is 0.240 e. The summed E-state index contributed by atoms with van der Waals surface area (Å²) in [4.78, 5) is 0.335. The fourth-order valence-corrected chi connectivity index (χ4v) is 3.92. The molecule has 0 saturated heterocycles. The van der Waals surface area contributed by atoms with Crippen molar-refractivity contribution in [3.05, 3.63) is 29.8 Å². The van der Waals surface area contributed by atoms with Crippen molar-refractivity contribution in [2.75, 3.05) is 7.11 Å². The van der Waals surface area contributed by atoms with Crippen molar-refractivity contribution in [1.82, 2.24) is 4.72 Å². The minimum absolute atomic E-state index is 0.0844. The monoisotopic (exact) mass is 297 g/mol. The van der Waals surface area contributed by atoms with E-state index in [0.717, 1.165) is 31.2 Å². The highest BCUT2D eigenvalue weighted by molar-refractivity contribution is 7.89. The number of ether oxygens (including phenoxy) is 1. The minimum atomic E-state index is -3.40. The number of rotatable bonds is 5. The minimum Gasteiger partial charge on any atom is -0.380 e. The standard InChI is InChI=1S/C15H23NO3S/c1-19-12-13-8-10-15(11-9-13)20(17,18)16-14-6-4-2-3-5-7-14/h8-11,14,16H,2-7,12H2,1H3. The summed E-state index contributed by atoms with van der Waals surface area (Å²) in [6.07, 6.45) is 6.54. The van der Waals surface area contributed by atoms with Gasteiger partial charge in [-0.3, -0.25) is 0 Å². The van der Waals surface area contributed by atoms with Gasteiger partial charge in [0.2, 0.25) is 10.0 Å². The van der Waals surface area contributed by atoms with E-state index in [-0.39, 0.29) is 6.04 Å². The SMILES string of the molecule is COCc1ccc(S(=O)(=O)NC2CCCCCC2)cc1. The summed E-state index contributed by atoms with van der Waals surface area (Å²) in [5, 5.41) is 0. The van der Waals surface area contributed by atoms with E-state index in [2.05, 4.69) is 4.72 Å². The van der Waals surface area contributed by atoms with E-state index in [1.54, 1.807) is 31.4 Å². The zero-order valence-electron chi connectivity index (χ0n) is 12.0. The first-order valence-electron chi connectivity index (χ1n) is 7.22.